The summed E-state index contributed by atoms with van der Waals surface area (Å²) in [6.45, 7) is 1.83. The van der Waals surface area contributed by atoms with E-state index in [4.69, 9.17) is 9.84 Å². The Kier molecular flexibility index (Phi) is 4.36. The molecule has 4 nitrogen and oxygen atoms in total. The summed E-state index contributed by atoms with van der Waals surface area (Å²) < 4.78 is 5.19. The first-order valence-corrected chi connectivity index (χ1v) is 6.05. The molecule has 94 valence electrons. The first-order chi connectivity index (χ1) is 8.33. The molecule has 1 unspecified atom stereocenters. The number of hydrogen-bond acceptors (Lipinski definition) is 4. The van der Waals surface area contributed by atoms with Crippen molar-refractivity contribution in [1.82, 2.24) is 5.32 Å². The Hall–Kier alpha value is -1.10. The van der Waals surface area contributed by atoms with Crippen LogP contribution >= 0.6 is 0 Å². The Labute approximate surface area is 101 Å². The van der Waals surface area contributed by atoms with Gasteiger partial charge >= 0.3 is 0 Å². The van der Waals surface area contributed by atoms with E-state index in [0.717, 1.165) is 24.9 Å². The fourth-order valence-electron chi connectivity index (χ4n) is 2.32. The third-order valence-electron chi connectivity index (χ3n) is 3.12. The maximum absolute atomic E-state index is 9.71. The van der Waals surface area contributed by atoms with Crippen molar-refractivity contribution in [2.24, 2.45) is 0 Å². The standard InChI is InChI=1S/C13H19NO3/c15-7-9-17-8-6-14-12-5-4-11-10(12)2-1-3-13(11)16/h1-3,12,14-16H,4-9H2. The molecule has 0 radical (unpaired) electrons. The van der Waals surface area contributed by atoms with Gasteiger partial charge in [-0.25, -0.2) is 0 Å². The summed E-state index contributed by atoms with van der Waals surface area (Å²) in [6.07, 6.45) is 1.95. The number of rotatable bonds is 6. The zero-order chi connectivity index (χ0) is 12.1. The SMILES string of the molecule is OCCOCCNC1CCc2c(O)cccc21. The second-order valence-electron chi connectivity index (χ2n) is 4.23. The quantitative estimate of drug-likeness (QED) is 0.645. The van der Waals surface area contributed by atoms with Gasteiger partial charge < -0.3 is 20.3 Å². The van der Waals surface area contributed by atoms with Gasteiger partial charge in [0.1, 0.15) is 5.75 Å². The van der Waals surface area contributed by atoms with E-state index < -0.39 is 0 Å². The Morgan fingerprint density at radius 1 is 1.35 bits per heavy atom. The van der Waals surface area contributed by atoms with Crippen LogP contribution in [0.3, 0.4) is 0 Å². The molecule has 0 heterocycles. The number of hydrogen-bond donors (Lipinski definition) is 3. The van der Waals surface area contributed by atoms with Crippen LogP contribution in [0.15, 0.2) is 18.2 Å². The minimum atomic E-state index is 0.0696. The number of aliphatic hydroxyl groups is 1. The molecule has 0 saturated heterocycles. The third kappa shape index (κ3) is 2.97. The molecule has 0 fully saturated rings. The van der Waals surface area contributed by atoms with Crippen LogP contribution in [0, 0.1) is 0 Å². The lowest BCUT2D eigenvalue weighted by Gasteiger charge is -2.14. The van der Waals surface area contributed by atoms with Gasteiger partial charge in [0.25, 0.3) is 0 Å². The van der Waals surface area contributed by atoms with E-state index in [9.17, 15) is 5.11 Å². The first kappa shape index (κ1) is 12.4. The van der Waals surface area contributed by atoms with Crippen molar-refractivity contribution in [3.8, 4) is 5.75 Å². The number of nitrogens with one attached hydrogen (secondary N) is 1. The fourth-order valence-corrected chi connectivity index (χ4v) is 2.32. The van der Waals surface area contributed by atoms with E-state index in [1.54, 1.807) is 6.07 Å². The zero-order valence-corrected chi connectivity index (χ0v) is 9.85. The topological polar surface area (TPSA) is 61.7 Å². The number of benzene rings is 1. The van der Waals surface area contributed by atoms with Crippen LogP contribution < -0.4 is 5.32 Å². The maximum atomic E-state index is 9.71. The zero-order valence-electron chi connectivity index (χ0n) is 9.85. The van der Waals surface area contributed by atoms with Crippen molar-refractivity contribution in [2.75, 3.05) is 26.4 Å². The lowest BCUT2D eigenvalue weighted by molar-refractivity contribution is 0.0926. The highest BCUT2D eigenvalue weighted by Crippen LogP contribution is 2.35. The molecule has 0 aliphatic heterocycles. The summed E-state index contributed by atoms with van der Waals surface area (Å²) >= 11 is 0. The Morgan fingerprint density at radius 2 is 2.24 bits per heavy atom. The molecule has 1 aromatic rings. The van der Waals surface area contributed by atoms with E-state index >= 15 is 0 Å². The molecule has 3 N–H and O–H groups in total. The summed E-state index contributed by atoms with van der Waals surface area (Å²) in [7, 11) is 0. The monoisotopic (exact) mass is 237 g/mol. The average Bonchev–Trinajstić information content (AvgIpc) is 2.74. The van der Waals surface area contributed by atoms with Crippen molar-refractivity contribution < 1.29 is 14.9 Å². The summed E-state index contributed by atoms with van der Waals surface area (Å²) in [5, 5.41) is 21.7. The maximum Gasteiger partial charge on any atom is 0.119 e. The summed E-state index contributed by atoms with van der Waals surface area (Å²) in [4.78, 5) is 0. The van der Waals surface area contributed by atoms with Gasteiger partial charge in [-0.05, 0) is 30.0 Å². The molecule has 1 aliphatic rings. The Bertz CT molecular complexity index is 368. The molecular formula is C13H19NO3. The minimum Gasteiger partial charge on any atom is -0.508 e. The second kappa shape index (κ2) is 6.00. The molecule has 0 amide bonds. The molecule has 2 rings (SSSR count). The first-order valence-electron chi connectivity index (χ1n) is 6.05. The Morgan fingerprint density at radius 3 is 3.06 bits per heavy atom. The molecule has 0 spiro atoms. The van der Waals surface area contributed by atoms with Crippen molar-refractivity contribution in [3.63, 3.8) is 0 Å². The van der Waals surface area contributed by atoms with E-state index in [1.165, 1.54) is 5.56 Å². The van der Waals surface area contributed by atoms with Gasteiger partial charge in [0, 0.05) is 12.6 Å². The van der Waals surface area contributed by atoms with Crippen molar-refractivity contribution in [2.45, 2.75) is 18.9 Å². The molecule has 17 heavy (non-hydrogen) atoms. The van der Waals surface area contributed by atoms with Gasteiger partial charge in [-0.1, -0.05) is 12.1 Å². The van der Waals surface area contributed by atoms with Crippen LogP contribution in [0.5, 0.6) is 5.75 Å². The van der Waals surface area contributed by atoms with Crippen LogP contribution in [-0.4, -0.2) is 36.6 Å². The molecule has 1 aromatic carbocycles. The van der Waals surface area contributed by atoms with Crippen LogP contribution in [-0.2, 0) is 11.2 Å². The van der Waals surface area contributed by atoms with Gasteiger partial charge in [0.05, 0.1) is 19.8 Å². The number of phenolic OH excluding ortho intramolecular Hbond substituents is 1. The van der Waals surface area contributed by atoms with E-state index in [2.05, 4.69) is 11.4 Å². The van der Waals surface area contributed by atoms with E-state index in [-0.39, 0.29) is 6.61 Å². The smallest absolute Gasteiger partial charge is 0.119 e. The van der Waals surface area contributed by atoms with E-state index in [1.807, 2.05) is 6.07 Å². The molecule has 1 aliphatic carbocycles. The molecule has 4 heteroatoms. The van der Waals surface area contributed by atoms with Crippen LogP contribution in [0.25, 0.3) is 0 Å². The average molecular weight is 237 g/mol. The van der Waals surface area contributed by atoms with Gasteiger partial charge in [0.15, 0.2) is 0 Å². The summed E-state index contributed by atoms with van der Waals surface area (Å²) in [6, 6.07) is 6.01. The number of phenols is 1. The molecule has 0 bridgehead atoms. The van der Waals surface area contributed by atoms with Gasteiger partial charge in [-0.15, -0.1) is 0 Å². The van der Waals surface area contributed by atoms with Crippen molar-refractivity contribution in [3.05, 3.63) is 29.3 Å². The molecule has 0 aromatic heterocycles. The summed E-state index contributed by atoms with van der Waals surface area (Å²) in [5.74, 6) is 0.406. The van der Waals surface area contributed by atoms with Crippen molar-refractivity contribution in [1.29, 1.82) is 0 Å². The van der Waals surface area contributed by atoms with Crippen LogP contribution in [0.2, 0.25) is 0 Å². The number of aromatic hydroxyl groups is 1. The predicted octanol–water partition coefficient (Wildman–Crippen LogP) is 0.978. The fraction of sp³-hybridized carbons (Fsp3) is 0.538. The van der Waals surface area contributed by atoms with Crippen LogP contribution in [0.1, 0.15) is 23.6 Å². The van der Waals surface area contributed by atoms with Crippen LogP contribution in [0.4, 0.5) is 0 Å². The molecule has 0 saturated carbocycles. The van der Waals surface area contributed by atoms with E-state index in [0.29, 0.717) is 25.0 Å². The number of aliphatic hydroxyl groups excluding tert-OH is 1. The largest absolute Gasteiger partial charge is 0.508 e. The third-order valence-corrected chi connectivity index (χ3v) is 3.12. The highest BCUT2D eigenvalue weighted by Gasteiger charge is 2.23. The molecular weight excluding hydrogens is 218 g/mol. The lowest BCUT2D eigenvalue weighted by atomic mass is 10.1. The predicted molar refractivity (Wildman–Crippen MR) is 65.1 cm³/mol. The highest BCUT2D eigenvalue weighted by atomic mass is 16.5. The van der Waals surface area contributed by atoms with Gasteiger partial charge in [-0.2, -0.15) is 0 Å². The molecule has 1 atom stereocenters. The summed E-state index contributed by atoms with van der Waals surface area (Å²) in [5.41, 5.74) is 2.27. The number of ether oxygens (including phenoxy) is 1. The second-order valence-corrected chi connectivity index (χ2v) is 4.23. The minimum absolute atomic E-state index is 0.0696. The number of fused-ring (bicyclic) bond motifs is 1. The van der Waals surface area contributed by atoms with Gasteiger partial charge in [0.2, 0.25) is 0 Å². The van der Waals surface area contributed by atoms with Crippen molar-refractivity contribution >= 4 is 0 Å². The lowest BCUT2D eigenvalue weighted by Crippen LogP contribution is -2.24. The van der Waals surface area contributed by atoms with Gasteiger partial charge in [-0.3, -0.25) is 0 Å². The highest BCUT2D eigenvalue weighted by molar-refractivity contribution is 5.44. The Balaban J connectivity index is 1.83. The normalized spacial score (nSPS) is 18.3.